The Labute approximate surface area is 177 Å². The van der Waals surface area contributed by atoms with Gasteiger partial charge < -0.3 is 14.8 Å². The summed E-state index contributed by atoms with van der Waals surface area (Å²) in [7, 11) is 1.18. The fraction of sp³-hybridized carbons (Fsp3) is 0.619. The standard InChI is InChI=1S/C21H26F4N2O4/c1-18(2,3)31-16(28)26-19(7-8-19)12-27(17(29)30-4)20(9-10-20)13-5-6-15(22)14(11-13)21(23,24)25/h5-6,11H,7-10,12H2,1-4H3,(H,26,28). The van der Waals surface area contributed by atoms with Gasteiger partial charge in [-0.25, -0.2) is 14.0 Å². The predicted molar refractivity (Wildman–Crippen MR) is 103 cm³/mol. The molecule has 0 radical (unpaired) electrons. The quantitative estimate of drug-likeness (QED) is 0.650. The topological polar surface area (TPSA) is 67.9 Å². The number of benzene rings is 1. The lowest BCUT2D eigenvalue weighted by atomic mass is 9.99. The van der Waals surface area contributed by atoms with Crippen LogP contribution < -0.4 is 5.32 Å². The van der Waals surface area contributed by atoms with E-state index in [0.717, 1.165) is 12.1 Å². The van der Waals surface area contributed by atoms with Crippen molar-refractivity contribution in [3.8, 4) is 0 Å². The van der Waals surface area contributed by atoms with Crippen molar-refractivity contribution in [2.75, 3.05) is 13.7 Å². The number of ether oxygens (including phenoxy) is 2. The van der Waals surface area contributed by atoms with Crippen LogP contribution >= 0.6 is 0 Å². The Kier molecular flexibility index (Phi) is 5.65. The van der Waals surface area contributed by atoms with Crippen LogP contribution in [0.1, 0.15) is 57.6 Å². The van der Waals surface area contributed by atoms with Crippen molar-refractivity contribution in [1.29, 1.82) is 0 Å². The third-order valence-electron chi connectivity index (χ3n) is 5.52. The number of carbonyl (C=O) groups is 2. The number of nitrogens with zero attached hydrogens (tertiary/aromatic N) is 1. The summed E-state index contributed by atoms with van der Waals surface area (Å²) in [6, 6.07) is 2.77. The van der Waals surface area contributed by atoms with Crippen LogP contribution in [0.15, 0.2) is 18.2 Å². The molecule has 10 heteroatoms. The number of amides is 2. The Balaban J connectivity index is 1.87. The number of rotatable bonds is 5. The van der Waals surface area contributed by atoms with Gasteiger partial charge in [0.05, 0.1) is 23.8 Å². The molecule has 172 valence electrons. The highest BCUT2D eigenvalue weighted by molar-refractivity contribution is 5.72. The van der Waals surface area contributed by atoms with Crippen LogP contribution in [0, 0.1) is 5.82 Å². The minimum atomic E-state index is -4.86. The summed E-state index contributed by atoms with van der Waals surface area (Å²) in [5, 5.41) is 2.78. The number of carbonyl (C=O) groups excluding carboxylic acids is 2. The second-order valence-electron chi connectivity index (χ2n) is 9.19. The molecule has 2 aliphatic rings. The lowest BCUT2D eigenvalue weighted by Gasteiger charge is -2.35. The Morgan fingerprint density at radius 3 is 2.19 bits per heavy atom. The van der Waals surface area contributed by atoms with Gasteiger partial charge in [-0.2, -0.15) is 13.2 Å². The Hall–Kier alpha value is -2.52. The molecule has 2 fully saturated rings. The van der Waals surface area contributed by atoms with Gasteiger partial charge in [0, 0.05) is 6.54 Å². The lowest BCUT2D eigenvalue weighted by molar-refractivity contribution is -0.140. The first-order valence-corrected chi connectivity index (χ1v) is 9.95. The molecule has 0 unspecified atom stereocenters. The molecule has 0 spiro atoms. The fourth-order valence-electron chi connectivity index (χ4n) is 3.66. The van der Waals surface area contributed by atoms with E-state index in [1.54, 1.807) is 20.8 Å². The molecule has 1 aromatic carbocycles. The zero-order valence-electron chi connectivity index (χ0n) is 17.9. The molecule has 2 amide bonds. The van der Waals surface area contributed by atoms with Gasteiger partial charge in [-0.05, 0) is 64.2 Å². The zero-order valence-corrected chi connectivity index (χ0v) is 17.9. The van der Waals surface area contributed by atoms with Gasteiger partial charge in [0.2, 0.25) is 0 Å². The van der Waals surface area contributed by atoms with Crippen LogP contribution in [0.2, 0.25) is 0 Å². The van der Waals surface area contributed by atoms with Crippen molar-refractivity contribution in [1.82, 2.24) is 10.2 Å². The van der Waals surface area contributed by atoms with Crippen LogP contribution in [-0.2, 0) is 21.2 Å². The van der Waals surface area contributed by atoms with Crippen molar-refractivity contribution in [2.24, 2.45) is 0 Å². The van der Waals surface area contributed by atoms with Crippen LogP contribution in [0.5, 0.6) is 0 Å². The molecule has 31 heavy (non-hydrogen) atoms. The van der Waals surface area contributed by atoms with E-state index in [1.807, 2.05) is 0 Å². The molecule has 2 aliphatic carbocycles. The van der Waals surface area contributed by atoms with E-state index in [4.69, 9.17) is 9.47 Å². The smallest absolute Gasteiger partial charge is 0.419 e. The summed E-state index contributed by atoms with van der Waals surface area (Å²) in [6.07, 6.45) is -4.28. The highest BCUT2D eigenvalue weighted by Gasteiger charge is 2.57. The summed E-state index contributed by atoms with van der Waals surface area (Å²) in [6.45, 7) is 5.20. The molecule has 0 aromatic heterocycles. The molecule has 0 heterocycles. The number of methoxy groups -OCH3 is 1. The van der Waals surface area contributed by atoms with Gasteiger partial charge in [0.1, 0.15) is 11.4 Å². The first-order valence-electron chi connectivity index (χ1n) is 9.95. The first kappa shape index (κ1) is 23.1. The van der Waals surface area contributed by atoms with Crippen molar-refractivity contribution < 1.29 is 36.6 Å². The monoisotopic (exact) mass is 446 g/mol. The summed E-state index contributed by atoms with van der Waals surface area (Å²) < 4.78 is 63.6. The number of halogens is 4. The third kappa shape index (κ3) is 5.04. The number of hydrogen-bond acceptors (Lipinski definition) is 4. The molecular formula is C21H26F4N2O4. The summed E-state index contributed by atoms with van der Waals surface area (Å²) in [5.74, 6) is -1.37. The average molecular weight is 446 g/mol. The highest BCUT2D eigenvalue weighted by Crippen LogP contribution is 2.54. The fourth-order valence-corrected chi connectivity index (χ4v) is 3.66. The minimum absolute atomic E-state index is 0.0393. The van der Waals surface area contributed by atoms with Gasteiger partial charge in [-0.1, -0.05) is 6.07 Å². The maximum Gasteiger partial charge on any atom is 0.419 e. The van der Waals surface area contributed by atoms with Crippen molar-refractivity contribution in [2.45, 2.75) is 69.3 Å². The zero-order chi connectivity index (χ0) is 23.2. The molecule has 3 rings (SSSR count). The Morgan fingerprint density at radius 1 is 1.13 bits per heavy atom. The normalized spacial score (nSPS) is 18.7. The molecule has 6 nitrogen and oxygen atoms in total. The first-order chi connectivity index (χ1) is 14.2. The number of alkyl halides is 3. The summed E-state index contributed by atoms with van der Waals surface area (Å²) in [4.78, 5) is 26.2. The number of alkyl carbamates (subject to hydrolysis) is 1. The van der Waals surface area contributed by atoms with E-state index < -0.39 is 46.4 Å². The van der Waals surface area contributed by atoms with Crippen LogP contribution in [0.4, 0.5) is 27.2 Å². The van der Waals surface area contributed by atoms with E-state index in [9.17, 15) is 27.2 Å². The van der Waals surface area contributed by atoms with E-state index in [-0.39, 0.29) is 12.1 Å². The second kappa shape index (κ2) is 7.56. The molecule has 0 saturated heterocycles. The summed E-state index contributed by atoms with van der Waals surface area (Å²) >= 11 is 0. The number of hydrogen-bond donors (Lipinski definition) is 1. The molecule has 1 N–H and O–H groups in total. The molecular weight excluding hydrogens is 420 g/mol. The molecule has 0 aliphatic heterocycles. The van der Waals surface area contributed by atoms with E-state index in [0.29, 0.717) is 25.7 Å². The Morgan fingerprint density at radius 2 is 1.74 bits per heavy atom. The number of nitrogens with one attached hydrogen (secondary N) is 1. The van der Waals surface area contributed by atoms with Crippen LogP contribution in [-0.4, -0.2) is 41.9 Å². The van der Waals surface area contributed by atoms with E-state index in [2.05, 4.69) is 5.32 Å². The molecule has 0 atom stereocenters. The van der Waals surface area contributed by atoms with E-state index in [1.165, 1.54) is 18.1 Å². The average Bonchev–Trinajstić information content (AvgIpc) is 3.54. The van der Waals surface area contributed by atoms with Gasteiger partial charge in [0.15, 0.2) is 0 Å². The maximum atomic E-state index is 13.8. The third-order valence-corrected chi connectivity index (χ3v) is 5.52. The van der Waals surface area contributed by atoms with Crippen LogP contribution in [0.25, 0.3) is 0 Å². The highest BCUT2D eigenvalue weighted by atomic mass is 19.4. The lowest BCUT2D eigenvalue weighted by Crippen LogP contribution is -2.52. The SMILES string of the molecule is COC(=O)N(CC1(NC(=O)OC(C)(C)C)CC1)C1(c2ccc(F)c(C(F)(F)F)c2)CC1. The van der Waals surface area contributed by atoms with Crippen molar-refractivity contribution in [3.05, 3.63) is 35.1 Å². The second-order valence-corrected chi connectivity index (χ2v) is 9.19. The Bertz CT molecular complexity index is 871. The van der Waals surface area contributed by atoms with Crippen molar-refractivity contribution >= 4 is 12.2 Å². The predicted octanol–water partition coefficient (Wildman–Crippen LogP) is 4.96. The van der Waals surface area contributed by atoms with Gasteiger partial charge in [-0.3, -0.25) is 4.90 Å². The maximum absolute atomic E-state index is 13.8. The van der Waals surface area contributed by atoms with Gasteiger partial charge in [-0.15, -0.1) is 0 Å². The van der Waals surface area contributed by atoms with Gasteiger partial charge in [0.25, 0.3) is 0 Å². The van der Waals surface area contributed by atoms with Gasteiger partial charge >= 0.3 is 18.4 Å². The van der Waals surface area contributed by atoms with Crippen molar-refractivity contribution in [3.63, 3.8) is 0 Å². The minimum Gasteiger partial charge on any atom is -0.453 e. The molecule has 2 saturated carbocycles. The largest absolute Gasteiger partial charge is 0.453 e. The van der Waals surface area contributed by atoms with E-state index >= 15 is 0 Å². The summed E-state index contributed by atoms with van der Waals surface area (Å²) in [5.41, 5.74) is -3.71. The molecule has 1 aromatic rings. The molecule has 0 bridgehead atoms. The van der Waals surface area contributed by atoms with Crippen LogP contribution in [0.3, 0.4) is 0 Å².